The molecule has 0 aliphatic carbocycles. The fraction of sp³-hybridized carbons (Fsp3) is 0.500. The van der Waals surface area contributed by atoms with Crippen molar-refractivity contribution in [3.05, 3.63) is 34.2 Å². The maximum absolute atomic E-state index is 12.1. The number of hydrogen-bond donors (Lipinski definition) is 1. The number of hydrogen-bond acceptors (Lipinski definition) is 2. The standard InChI is InChI=1S/C12H18N2O2/c1-3-7-14(8-4-2)12(16)10-9-13-6-5-11(10)15/h5-6,9H,3-4,7-8H2,1-2H3,(H,13,15). The molecule has 0 saturated carbocycles. The van der Waals surface area contributed by atoms with Gasteiger partial charge in [0.05, 0.1) is 0 Å². The van der Waals surface area contributed by atoms with Crippen LogP contribution >= 0.6 is 0 Å². The van der Waals surface area contributed by atoms with Crippen LogP contribution in [0.25, 0.3) is 0 Å². The maximum Gasteiger partial charge on any atom is 0.259 e. The molecule has 0 radical (unpaired) electrons. The van der Waals surface area contributed by atoms with Crippen molar-refractivity contribution in [2.75, 3.05) is 13.1 Å². The second-order valence-electron chi connectivity index (χ2n) is 3.71. The van der Waals surface area contributed by atoms with Gasteiger partial charge in [0.2, 0.25) is 0 Å². The Morgan fingerprint density at radius 3 is 2.44 bits per heavy atom. The normalized spacial score (nSPS) is 10.1. The molecule has 1 N–H and O–H groups in total. The zero-order valence-corrected chi connectivity index (χ0v) is 9.82. The topological polar surface area (TPSA) is 53.2 Å². The van der Waals surface area contributed by atoms with Crippen molar-refractivity contribution in [2.24, 2.45) is 0 Å². The predicted molar refractivity (Wildman–Crippen MR) is 63.5 cm³/mol. The summed E-state index contributed by atoms with van der Waals surface area (Å²) in [6.07, 6.45) is 4.80. The Morgan fingerprint density at radius 1 is 1.31 bits per heavy atom. The molecule has 4 nitrogen and oxygen atoms in total. The molecule has 1 amide bonds. The van der Waals surface area contributed by atoms with Crippen LogP contribution < -0.4 is 5.43 Å². The highest BCUT2D eigenvalue weighted by Crippen LogP contribution is 2.01. The Labute approximate surface area is 95.3 Å². The molecule has 0 saturated heterocycles. The van der Waals surface area contributed by atoms with E-state index in [0.29, 0.717) is 13.1 Å². The van der Waals surface area contributed by atoms with Crippen LogP contribution in [0.15, 0.2) is 23.3 Å². The smallest absolute Gasteiger partial charge is 0.259 e. The van der Waals surface area contributed by atoms with E-state index in [0.717, 1.165) is 12.8 Å². The summed E-state index contributed by atoms with van der Waals surface area (Å²) in [4.78, 5) is 28.1. The summed E-state index contributed by atoms with van der Waals surface area (Å²) in [7, 11) is 0. The van der Waals surface area contributed by atoms with Crippen LogP contribution in [-0.2, 0) is 0 Å². The first-order chi connectivity index (χ1) is 7.70. The van der Waals surface area contributed by atoms with Gasteiger partial charge in [-0.05, 0) is 12.8 Å². The van der Waals surface area contributed by atoms with Gasteiger partial charge in [-0.2, -0.15) is 0 Å². The number of amides is 1. The van der Waals surface area contributed by atoms with E-state index in [9.17, 15) is 9.59 Å². The number of aromatic nitrogens is 1. The number of nitrogens with zero attached hydrogens (tertiary/aromatic N) is 1. The number of aromatic amines is 1. The molecule has 0 aromatic carbocycles. The SMILES string of the molecule is CCCN(CCC)C(=O)c1c[nH]ccc1=O. The van der Waals surface area contributed by atoms with Crippen molar-refractivity contribution in [3.8, 4) is 0 Å². The summed E-state index contributed by atoms with van der Waals surface area (Å²) in [5.74, 6) is -0.175. The van der Waals surface area contributed by atoms with Crippen LogP contribution in [0.2, 0.25) is 0 Å². The Kier molecular flexibility index (Phi) is 4.76. The quantitative estimate of drug-likeness (QED) is 0.823. The van der Waals surface area contributed by atoms with Gasteiger partial charge in [0, 0.05) is 31.5 Å². The molecule has 1 heterocycles. The highest BCUT2D eigenvalue weighted by Gasteiger charge is 2.16. The molecular weight excluding hydrogens is 204 g/mol. The van der Waals surface area contributed by atoms with Crippen LogP contribution in [0.4, 0.5) is 0 Å². The number of nitrogens with one attached hydrogen (secondary N) is 1. The van der Waals surface area contributed by atoms with E-state index in [4.69, 9.17) is 0 Å². The Hall–Kier alpha value is -1.58. The summed E-state index contributed by atoms with van der Waals surface area (Å²) in [5, 5.41) is 0. The van der Waals surface area contributed by atoms with Crippen molar-refractivity contribution in [3.63, 3.8) is 0 Å². The largest absolute Gasteiger partial charge is 0.367 e. The first-order valence-electron chi connectivity index (χ1n) is 5.67. The Morgan fingerprint density at radius 2 is 1.94 bits per heavy atom. The van der Waals surface area contributed by atoms with Gasteiger partial charge in [0.25, 0.3) is 5.91 Å². The van der Waals surface area contributed by atoms with Crippen molar-refractivity contribution < 1.29 is 4.79 Å². The fourth-order valence-corrected chi connectivity index (χ4v) is 1.61. The van der Waals surface area contributed by atoms with Crippen molar-refractivity contribution in [1.29, 1.82) is 0 Å². The third kappa shape index (κ3) is 2.95. The number of pyridine rings is 1. The second-order valence-corrected chi connectivity index (χ2v) is 3.71. The molecule has 0 unspecified atom stereocenters. The summed E-state index contributed by atoms with van der Waals surface area (Å²) in [6, 6.07) is 1.38. The monoisotopic (exact) mass is 222 g/mol. The average molecular weight is 222 g/mol. The third-order valence-electron chi connectivity index (χ3n) is 2.33. The average Bonchev–Trinajstić information content (AvgIpc) is 2.28. The first kappa shape index (κ1) is 12.5. The van der Waals surface area contributed by atoms with Gasteiger partial charge < -0.3 is 9.88 Å². The molecule has 1 aromatic rings. The molecule has 88 valence electrons. The third-order valence-corrected chi connectivity index (χ3v) is 2.33. The minimum absolute atomic E-state index is 0.175. The predicted octanol–water partition coefficient (Wildman–Crippen LogP) is 1.64. The van der Waals surface area contributed by atoms with Crippen molar-refractivity contribution >= 4 is 5.91 Å². The number of rotatable bonds is 5. The summed E-state index contributed by atoms with van der Waals surface area (Å²) in [5.41, 5.74) is 0.00496. The number of carbonyl (C=O) groups is 1. The lowest BCUT2D eigenvalue weighted by Gasteiger charge is -2.20. The van der Waals surface area contributed by atoms with Gasteiger partial charge in [-0.15, -0.1) is 0 Å². The van der Waals surface area contributed by atoms with Crippen LogP contribution in [-0.4, -0.2) is 28.9 Å². The maximum atomic E-state index is 12.1. The van der Waals surface area contributed by atoms with Gasteiger partial charge in [-0.1, -0.05) is 13.8 Å². The molecule has 0 fully saturated rings. The van der Waals surface area contributed by atoms with E-state index in [1.54, 1.807) is 4.90 Å². The van der Waals surface area contributed by atoms with E-state index < -0.39 is 0 Å². The highest BCUT2D eigenvalue weighted by atomic mass is 16.2. The van der Waals surface area contributed by atoms with Gasteiger partial charge in [-0.3, -0.25) is 9.59 Å². The second kappa shape index (κ2) is 6.10. The van der Waals surface area contributed by atoms with Crippen LogP contribution in [0, 0.1) is 0 Å². The minimum atomic E-state index is -0.221. The Bertz CT molecular complexity index is 392. The lowest BCUT2D eigenvalue weighted by atomic mass is 10.2. The van der Waals surface area contributed by atoms with Crippen LogP contribution in [0.1, 0.15) is 37.0 Å². The van der Waals surface area contributed by atoms with E-state index in [1.807, 2.05) is 13.8 Å². The van der Waals surface area contributed by atoms with E-state index in [2.05, 4.69) is 4.98 Å². The minimum Gasteiger partial charge on any atom is -0.367 e. The van der Waals surface area contributed by atoms with E-state index >= 15 is 0 Å². The van der Waals surface area contributed by atoms with Crippen LogP contribution in [0.5, 0.6) is 0 Å². The molecular formula is C12H18N2O2. The van der Waals surface area contributed by atoms with Gasteiger partial charge in [0.15, 0.2) is 5.43 Å². The first-order valence-corrected chi connectivity index (χ1v) is 5.67. The summed E-state index contributed by atoms with van der Waals surface area (Å²) >= 11 is 0. The Balaban J connectivity index is 2.90. The van der Waals surface area contributed by atoms with E-state index in [-0.39, 0.29) is 16.9 Å². The fourth-order valence-electron chi connectivity index (χ4n) is 1.61. The van der Waals surface area contributed by atoms with Crippen molar-refractivity contribution in [2.45, 2.75) is 26.7 Å². The molecule has 1 rings (SSSR count). The summed E-state index contributed by atoms with van der Waals surface area (Å²) < 4.78 is 0. The lowest BCUT2D eigenvalue weighted by molar-refractivity contribution is 0.0754. The summed E-state index contributed by atoms with van der Waals surface area (Å²) in [6.45, 7) is 5.43. The molecule has 0 aliphatic heterocycles. The number of carbonyl (C=O) groups excluding carboxylic acids is 1. The zero-order chi connectivity index (χ0) is 12.0. The molecule has 0 bridgehead atoms. The van der Waals surface area contributed by atoms with Crippen molar-refractivity contribution in [1.82, 2.24) is 9.88 Å². The molecule has 1 aromatic heterocycles. The molecule has 0 spiro atoms. The van der Waals surface area contributed by atoms with Crippen LogP contribution in [0.3, 0.4) is 0 Å². The molecule has 0 aliphatic rings. The molecule has 4 heteroatoms. The molecule has 16 heavy (non-hydrogen) atoms. The molecule has 0 atom stereocenters. The van der Waals surface area contributed by atoms with Gasteiger partial charge in [0.1, 0.15) is 5.56 Å². The number of H-pyrrole nitrogens is 1. The highest BCUT2D eigenvalue weighted by molar-refractivity contribution is 5.93. The lowest BCUT2D eigenvalue weighted by Crippen LogP contribution is -2.35. The van der Waals surface area contributed by atoms with E-state index in [1.165, 1.54) is 18.5 Å². The van der Waals surface area contributed by atoms with Gasteiger partial charge >= 0.3 is 0 Å². The van der Waals surface area contributed by atoms with Gasteiger partial charge in [-0.25, -0.2) is 0 Å². The zero-order valence-electron chi connectivity index (χ0n) is 9.82.